The molecule has 5 nitrogen and oxygen atoms in total. The van der Waals surface area contributed by atoms with Gasteiger partial charge in [0.15, 0.2) is 5.96 Å². The molecule has 1 saturated heterocycles. The van der Waals surface area contributed by atoms with E-state index in [0.29, 0.717) is 12.1 Å². The molecule has 6 heteroatoms. The third-order valence-corrected chi connectivity index (χ3v) is 6.01. The number of aliphatic imine (C=N–C) groups is 1. The Morgan fingerprint density at radius 2 is 1.88 bits per heavy atom. The van der Waals surface area contributed by atoms with Crippen LogP contribution in [0.3, 0.4) is 0 Å². The minimum atomic E-state index is 0. The lowest BCUT2D eigenvalue weighted by Crippen LogP contribution is -2.46. The van der Waals surface area contributed by atoms with Gasteiger partial charge in [0, 0.05) is 37.8 Å². The number of nitrogens with zero attached hydrogens (tertiary/aromatic N) is 3. The van der Waals surface area contributed by atoms with E-state index in [1.165, 1.54) is 58.0 Å². The number of halogens is 1. The Kier molecular flexibility index (Phi) is 8.75. The second-order valence-electron chi connectivity index (χ2n) is 8.15. The minimum absolute atomic E-state index is 0. The number of rotatable bonds is 7. The van der Waals surface area contributed by atoms with Crippen LogP contribution in [0.2, 0.25) is 0 Å². The van der Waals surface area contributed by atoms with Crippen molar-refractivity contribution in [3.63, 3.8) is 0 Å². The van der Waals surface area contributed by atoms with Crippen LogP contribution in [0.15, 0.2) is 4.99 Å². The lowest BCUT2D eigenvalue weighted by Gasteiger charge is -2.25. The highest BCUT2D eigenvalue weighted by atomic mass is 127. The number of likely N-dealkylation sites (N-methyl/N-ethyl adjacent to an activating group) is 1. The quantitative estimate of drug-likeness (QED) is 0.346. The molecule has 1 heterocycles. The van der Waals surface area contributed by atoms with Gasteiger partial charge in [0.2, 0.25) is 0 Å². The predicted molar refractivity (Wildman–Crippen MR) is 117 cm³/mol. The number of likely N-dealkylation sites (tertiary alicyclic amines) is 1. The highest BCUT2D eigenvalue weighted by Crippen LogP contribution is 2.34. The summed E-state index contributed by atoms with van der Waals surface area (Å²) < 4.78 is 0. The molecule has 3 fully saturated rings. The molecule has 2 saturated carbocycles. The molecular formula is C19H38IN5. The Balaban J connectivity index is 0.00000225. The largest absolute Gasteiger partial charge is 0.357 e. The zero-order valence-electron chi connectivity index (χ0n) is 16.3. The highest BCUT2D eigenvalue weighted by molar-refractivity contribution is 14.0. The van der Waals surface area contributed by atoms with Crippen LogP contribution in [-0.2, 0) is 0 Å². The maximum absolute atomic E-state index is 4.92. The summed E-state index contributed by atoms with van der Waals surface area (Å²) in [6.07, 6.45) is 9.68. The maximum atomic E-state index is 4.92. The Morgan fingerprint density at radius 1 is 1.16 bits per heavy atom. The standard InChI is InChI=1S/C19H37N5.HI/c1-4-20-19(21-13-18(23(2)3)15-9-10-15)22-16-11-12-24(14-16)17-7-5-6-8-17;/h15-18H,4-14H2,1-3H3,(H2,20,21,22);1H. The first-order valence-corrected chi connectivity index (χ1v) is 10.1. The third kappa shape index (κ3) is 6.24. The zero-order valence-corrected chi connectivity index (χ0v) is 18.7. The van der Waals surface area contributed by atoms with Crippen LogP contribution in [0.25, 0.3) is 0 Å². The van der Waals surface area contributed by atoms with Crippen molar-refractivity contribution in [1.82, 2.24) is 20.4 Å². The average Bonchev–Trinajstić information content (AvgIpc) is 3.05. The SMILES string of the molecule is CCNC(=NCC(C1CC1)N(C)C)NC1CCN(C2CCCC2)C1.I. The van der Waals surface area contributed by atoms with Crippen molar-refractivity contribution < 1.29 is 0 Å². The van der Waals surface area contributed by atoms with Crippen LogP contribution in [-0.4, -0.2) is 74.2 Å². The van der Waals surface area contributed by atoms with Crippen molar-refractivity contribution in [2.24, 2.45) is 10.9 Å². The molecule has 0 amide bonds. The number of nitrogens with one attached hydrogen (secondary N) is 2. The van der Waals surface area contributed by atoms with Gasteiger partial charge in [-0.15, -0.1) is 24.0 Å². The van der Waals surface area contributed by atoms with Crippen LogP contribution >= 0.6 is 24.0 Å². The normalized spacial score (nSPS) is 26.7. The fourth-order valence-electron chi connectivity index (χ4n) is 4.42. The summed E-state index contributed by atoms with van der Waals surface area (Å²) >= 11 is 0. The second-order valence-corrected chi connectivity index (χ2v) is 8.15. The first-order chi connectivity index (χ1) is 11.7. The minimum Gasteiger partial charge on any atom is -0.357 e. The van der Waals surface area contributed by atoms with Gasteiger partial charge in [-0.05, 0) is 59.0 Å². The van der Waals surface area contributed by atoms with Crippen LogP contribution in [0, 0.1) is 5.92 Å². The first-order valence-electron chi connectivity index (χ1n) is 10.1. The van der Waals surface area contributed by atoms with Crippen LogP contribution < -0.4 is 10.6 Å². The lowest BCUT2D eigenvalue weighted by molar-refractivity contribution is 0.242. The summed E-state index contributed by atoms with van der Waals surface area (Å²) in [6.45, 7) is 6.44. The van der Waals surface area contributed by atoms with Gasteiger partial charge in [-0.25, -0.2) is 0 Å². The molecule has 2 atom stereocenters. The van der Waals surface area contributed by atoms with Crippen molar-refractivity contribution in [3.8, 4) is 0 Å². The van der Waals surface area contributed by atoms with Gasteiger partial charge >= 0.3 is 0 Å². The molecule has 0 radical (unpaired) electrons. The van der Waals surface area contributed by atoms with Gasteiger partial charge in [0.1, 0.15) is 0 Å². The molecule has 3 rings (SSSR count). The Labute approximate surface area is 171 Å². The number of guanidine groups is 1. The van der Waals surface area contributed by atoms with E-state index >= 15 is 0 Å². The molecule has 146 valence electrons. The van der Waals surface area contributed by atoms with Gasteiger partial charge in [-0.1, -0.05) is 12.8 Å². The predicted octanol–water partition coefficient (Wildman–Crippen LogP) is 2.52. The fourth-order valence-corrected chi connectivity index (χ4v) is 4.42. The van der Waals surface area contributed by atoms with Crippen molar-refractivity contribution in [2.45, 2.75) is 70.0 Å². The molecule has 3 aliphatic rings. The molecule has 0 aromatic rings. The van der Waals surface area contributed by atoms with E-state index in [9.17, 15) is 0 Å². The van der Waals surface area contributed by atoms with Crippen molar-refractivity contribution in [1.29, 1.82) is 0 Å². The van der Waals surface area contributed by atoms with E-state index in [0.717, 1.165) is 31.0 Å². The first kappa shape index (κ1) is 21.2. The van der Waals surface area contributed by atoms with Crippen LogP contribution in [0.5, 0.6) is 0 Å². The summed E-state index contributed by atoms with van der Waals surface area (Å²) in [7, 11) is 4.38. The smallest absolute Gasteiger partial charge is 0.191 e. The molecule has 0 spiro atoms. The summed E-state index contributed by atoms with van der Waals surface area (Å²) in [4.78, 5) is 9.98. The van der Waals surface area contributed by atoms with Crippen LogP contribution in [0.4, 0.5) is 0 Å². The number of hydrogen-bond donors (Lipinski definition) is 2. The molecule has 2 aliphatic carbocycles. The zero-order chi connectivity index (χ0) is 16.9. The molecule has 2 unspecified atom stereocenters. The van der Waals surface area contributed by atoms with E-state index in [1.807, 2.05) is 0 Å². The van der Waals surface area contributed by atoms with E-state index in [2.05, 4.69) is 41.5 Å². The topological polar surface area (TPSA) is 42.9 Å². The van der Waals surface area contributed by atoms with E-state index in [4.69, 9.17) is 4.99 Å². The highest BCUT2D eigenvalue weighted by Gasteiger charge is 2.33. The molecule has 1 aliphatic heterocycles. The summed E-state index contributed by atoms with van der Waals surface area (Å²) in [6, 6.07) is 2.01. The Bertz CT molecular complexity index is 416. The molecule has 2 N–H and O–H groups in total. The van der Waals surface area contributed by atoms with E-state index < -0.39 is 0 Å². The van der Waals surface area contributed by atoms with Gasteiger partial charge in [-0.3, -0.25) is 9.89 Å². The Hall–Kier alpha value is -0.0800. The van der Waals surface area contributed by atoms with Gasteiger partial charge < -0.3 is 15.5 Å². The van der Waals surface area contributed by atoms with Gasteiger partial charge in [0.05, 0.1) is 6.54 Å². The average molecular weight is 463 g/mol. The molecule has 25 heavy (non-hydrogen) atoms. The number of hydrogen-bond acceptors (Lipinski definition) is 3. The summed E-state index contributed by atoms with van der Waals surface area (Å²) in [5.74, 6) is 1.87. The molecule has 0 bridgehead atoms. The van der Waals surface area contributed by atoms with E-state index in [1.54, 1.807) is 0 Å². The lowest BCUT2D eigenvalue weighted by atomic mass is 10.2. The van der Waals surface area contributed by atoms with E-state index in [-0.39, 0.29) is 24.0 Å². The fraction of sp³-hybridized carbons (Fsp3) is 0.947. The maximum Gasteiger partial charge on any atom is 0.191 e. The molecule has 0 aromatic carbocycles. The monoisotopic (exact) mass is 463 g/mol. The van der Waals surface area contributed by atoms with Crippen molar-refractivity contribution >= 4 is 29.9 Å². The second kappa shape index (κ2) is 10.3. The van der Waals surface area contributed by atoms with Gasteiger partial charge in [-0.2, -0.15) is 0 Å². The van der Waals surface area contributed by atoms with Crippen molar-refractivity contribution in [3.05, 3.63) is 0 Å². The Morgan fingerprint density at radius 3 is 2.48 bits per heavy atom. The van der Waals surface area contributed by atoms with Crippen LogP contribution in [0.1, 0.15) is 51.9 Å². The summed E-state index contributed by atoms with van der Waals surface area (Å²) in [5, 5.41) is 7.15. The summed E-state index contributed by atoms with van der Waals surface area (Å²) in [5.41, 5.74) is 0. The van der Waals surface area contributed by atoms with Gasteiger partial charge in [0.25, 0.3) is 0 Å². The third-order valence-electron chi connectivity index (χ3n) is 6.01. The molecular weight excluding hydrogens is 425 g/mol. The molecule has 0 aromatic heterocycles. The van der Waals surface area contributed by atoms with Crippen molar-refractivity contribution in [2.75, 3.05) is 40.3 Å².